The van der Waals surface area contributed by atoms with Gasteiger partial charge in [-0.25, -0.2) is 0 Å². The van der Waals surface area contributed by atoms with Gasteiger partial charge in [0.25, 0.3) is 0 Å². The zero-order valence-corrected chi connectivity index (χ0v) is 7.41. The first-order chi connectivity index (χ1) is 5.57. The average molecular weight is 171 g/mol. The van der Waals surface area contributed by atoms with Crippen molar-refractivity contribution in [2.24, 2.45) is 0 Å². The molecule has 1 aliphatic heterocycles. The van der Waals surface area contributed by atoms with Crippen molar-refractivity contribution in [1.82, 2.24) is 0 Å². The van der Waals surface area contributed by atoms with Crippen LogP contribution in [0.25, 0.3) is 0 Å². The molecule has 3 heteroatoms. The molecule has 3 nitrogen and oxygen atoms in total. The van der Waals surface area contributed by atoms with Crippen LogP contribution in [0, 0.1) is 0 Å². The van der Waals surface area contributed by atoms with Crippen LogP contribution >= 0.6 is 0 Å². The van der Waals surface area contributed by atoms with Gasteiger partial charge >= 0.3 is 0 Å². The van der Waals surface area contributed by atoms with E-state index >= 15 is 0 Å². The Labute approximate surface area is 72.0 Å². The van der Waals surface area contributed by atoms with Crippen LogP contribution in [-0.2, 0) is 9.47 Å². The molecule has 0 spiro atoms. The Kier molecular flexibility index (Phi) is 1.75. The zero-order chi connectivity index (χ0) is 8.77. The third-order valence-electron chi connectivity index (χ3n) is 2.24. The highest BCUT2D eigenvalue weighted by molar-refractivity contribution is 5.06. The number of rotatable bonds is 0. The molecule has 2 rings (SSSR count). The molecular weight excluding hydrogens is 156 g/mol. The summed E-state index contributed by atoms with van der Waals surface area (Å²) in [6.45, 7) is 3.83. The molecule has 0 amide bonds. The van der Waals surface area contributed by atoms with E-state index in [0.29, 0.717) is 0 Å². The van der Waals surface area contributed by atoms with Crippen molar-refractivity contribution in [3.8, 4) is 0 Å². The van der Waals surface area contributed by atoms with E-state index in [1.807, 2.05) is 26.0 Å². The lowest BCUT2D eigenvalue weighted by atomic mass is 10.00. The van der Waals surface area contributed by atoms with Gasteiger partial charge in [-0.1, -0.05) is 0 Å². The molecule has 1 aliphatic carbocycles. The van der Waals surface area contributed by atoms with Gasteiger partial charge in [0.2, 0.25) is 0 Å². The van der Waals surface area contributed by atoms with E-state index < -0.39 is 5.79 Å². The fourth-order valence-corrected chi connectivity index (χ4v) is 1.78. The standard InChI is InChI=1S/C9H14O3/c1-9(2)11-7-4-3-6(10)5-8(7)12-9/h3-4,6-8,10H,5H2,1-2H3/p+1/t6-,7+,8-/m1/s1. The summed E-state index contributed by atoms with van der Waals surface area (Å²) in [4.78, 5) is 0. The molecule has 1 saturated heterocycles. The minimum atomic E-state index is -0.469. The molecule has 0 saturated carbocycles. The number of hydrogen-bond acceptors (Lipinski definition) is 2. The maximum absolute atomic E-state index is 7.53. The molecule has 0 aromatic rings. The normalized spacial score (nSPS) is 44.4. The lowest BCUT2D eigenvalue weighted by Crippen LogP contribution is -2.29. The van der Waals surface area contributed by atoms with Gasteiger partial charge in [0.05, 0.1) is 12.5 Å². The second kappa shape index (κ2) is 2.55. The Balaban J connectivity index is 2.12. The molecule has 0 radical (unpaired) electrons. The van der Waals surface area contributed by atoms with Gasteiger partial charge in [0.15, 0.2) is 11.9 Å². The van der Waals surface area contributed by atoms with Crippen molar-refractivity contribution in [3.63, 3.8) is 0 Å². The molecule has 12 heavy (non-hydrogen) atoms. The topological polar surface area (TPSA) is 41.4 Å². The van der Waals surface area contributed by atoms with E-state index in [2.05, 4.69) is 0 Å². The molecule has 2 aliphatic rings. The minimum Gasteiger partial charge on any atom is -0.440 e. The molecule has 0 aromatic carbocycles. The highest BCUT2D eigenvalue weighted by atomic mass is 16.7. The van der Waals surface area contributed by atoms with Gasteiger partial charge in [-0.05, 0) is 26.0 Å². The van der Waals surface area contributed by atoms with Gasteiger partial charge < -0.3 is 14.6 Å². The Bertz CT molecular complexity index is 210. The Morgan fingerprint density at radius 3 is 2.83 bits per heavy atom. The van der Waals surface area contributed by atoms with Crippen molar-refractivity contribution < 1.29 is 14.6 Å². The van der Waals surface area contributed by atoms with E-state index in [1.165, 1.54) is 0 Å². The lowest BCUT2D eigenvalue weighted by Gasteiger charge is -2.18. The molecule has 0 aromatic heterocycles. The predicted molar refractivity (Wildman–Crippen MR) is 45.0 cm³/mol. The average Bonchev–Trinajstić information content (AvgIpc) is 2.21. The molecule has 0 unspecified atom stereocenters. The van der Waals surface area contributed by atoms with Crippen LogP contribution in [0.1, 0.15) is 20.3 Å². The predicted octanol–water partition coefficient (Wildman–Crippen LogP) is 0.560. The quantitative estimate of drug-likeness (QED) is 0.394. The van der Waals surface area contributed by atoms with Crippen LogP contribution in [0.2, 0.25) is 0 Å². The second-order valence-corrected chi connectivity index (χ2v) is 3.87. The third kappa shape index (κ3) is 1.40. The SMILES string of the molecule is CC1(C)O[C@H]2C=C[C@@H]([OH2+])C[C@H]2O1. The molecule has 2 N–H and O–H groups in total. The van der Waals surface area contributed by atoms with Gasteiger partial charge in [-0.3, -0.25) is 0 Å². The summed E-state index contributed by atoms with van der Waals surface area (Å²) in [5.74, 6) is -0.469. The maximum Gasteiger partial charge on any atom is 0.175 e. The minimum absolute atomic E-state index is 0.0709. The Hall–Kier alpha value is -0.380. The van der Waals surface area contributed by atoms with Crippen molar-refractivity contribution in [3.05, 3.63) is 12.2 Å². The summed E-state index contributed by atoms with van der Waals surface area (Å²) < 4.78 is 11.2. The van der Waals surface area contributed by atoms with Crippen LogP contribution in [0.4, 0.5) is 0 Å². The maximum atomic E-state index is 7.53. The molecule has 1 heterocycles. The highest BCUT2D eigenvalue weighted by Gasteiger charge is 2.43. The fraction of sp³-hybridized carbons (Fsp3) is 0.778. The number of ether oxygens (including phenoxy) is 2. The number of hydrogen-bond donors (Lipinski definition) is 0. The first-order valence-corrected chi connectivity index (χ1v) is 4.32. The summed E-state index contributed by atoms with van der Waals surface area (Å²) in [7, 11) is 0. The molecular formula is C9H15O3+. The van der Waals surface area contributed by atoms with Crippen LogP contribution < -0.4 is 0 Å². The summed E-state index contributed by atoms with van der Waals surface area (Å²) in [5, 5.41) is 7.53. The summed E-state index contributed by atoms with van der Waals surface area (Å²) in [6, 6.07) is 0. The van der Waals surface area contributed by atoms with E-state index in [9.17, 15) is 0 Å². The molecule has 1 fully saturated rings. The molecule has 68 valence electrons. The third-order valence-corrected chi connectivity index (χ3v) is 2.24. The first kappa shape index (κ1) is 8.23. The van der Waals surface area contributed by atoms with Gasteiger partial charge in [-0.2, -0.15) is 0 Å². The Morgan fingerprint density at radius 2 is 2.08 bits per heavy atom. The summed E-state index contributed by atoms with van der Waals surface area (Å²) in [5.41, 5.74) is 0. The smallest absolute Gasteiger partial charge is 0.175 e. The fourth-order valence-electron chi connectivity index (χ4n) is 1.78. The van der Waals surface area contributed by atoms with Crippen molar-refractivity contribution >= 4 is 0 Å². The van der Waals surface area contributed by atoms with Crippen LogP contribution in [0.5, 0.6) is 0 Å². The molecule has 3 atom stereocenters. The monoisotopic (exact) mass is 171 g/mol. The van der Waals surface area contributed by atoms with Crippen molar-refractivity contribution in [2.75, 3.05) is 0 Å². The van der Waals surface area contributed by atoms with Gasteiger partial charge in [0, 0.05) is 0 Å². The van der Waals surface area contributed by atoms with Gasteiger partial charge in [0.1, 0.15) is 6.10 Å². The first-order valence-electron chi connectivity index (χ1n) is 4.32. The lowest BCUT2D eigenvalue weighted by molar-refractivity contribution is -0.144. The van der Waals surface area contributed by atoms with Crippen LogP contribution in [0.3, 0.4) is 0 Å². The van der Waals surface area contributed by atoms with Crippen LogP contribution in [0.15, 0.2) is 12.2 Å². The largest absolute Gasteiger partial charge is 0.440 e. The second-order valence-electron chi connectivity index (χ2n) is 3.87. The molecule has 0 bridgehead atoms. The van der Waals surface area contributed by atoms with Crippen molar-refractivity contribution in [2.45, 2.75) is 44.4 Å². The highest BCUT2D eigenvalue weighted by Crippen LogP contribution is 2.33. The zero-order valence-electron chi connectivity index (χ0n) is 7.41. The summed E-state index contributed by atoms with van der Waals surface area (Å²) >= 11 is 0. The number of fused-ring (bicyclic) bond motifs is 1. The van der Waals surface area contributed by atoms with E-state index in [1.54, 1.807) is 0 Å². The van der Waals surface area contributed by atoms with Crippen LogP contribution in [-0.4, -0.2) is 29.2 Å². The summed E-state index contributed by atoms with van der Waals surface area (Å²) in [6.07, 6.45) is 4.62. The van der Waals surface area contributed by atoms with E-state index in [4.69, 9.17) is 14.6 Å². The van der Waals surface area contributed by atoms with Crippen molar-refractivity contribution in [1.29, 1.82) is 0 Å². The van der Waals surface area contributed by atoms with E-state index in [-0.39, 0.29) is 18.3 Å². The van der Waals surface area contributed by atoms with Gasteiger partial charge in [-0.15, -0.1) is 0 Å². The van der Waals surface area contributed by atoms with E-state index in [0.717, 1.165) is 6.42 Å². The Morgan fingerprint density at radius 1 is 1.33 bits per heavy atom.